The van der Waals surface area contributed by atoms with Crippen LogP contribution in [0, 0.1) is 0 Å². The van der Waals surface area contributed by atoms with Crippen molar-refractivity contribution in [2.75, 3.05) is 19.0 Å². The Kier molecular flexibility index (Phi) is 2.66. The van der Waals surface area contributed by atoms with Crippen LogP contribution in [-0.2, 0) is 0 Å². The normalized spacial score (nSPS) is 12.2. The number of nitrogens with zero attached hydrogens (tertiary/aromatic N) is 2. The van der Waals surface area contributed by atoms with Crippen LogP contribution in [0.15, 0.2) is 53.1 Å². The zero-order chi connectivity index (χ0) is 15.3. The van der Waals surface area contributed by atoms with Crippen LogP contribution in [0.1, 0.15) is 15.9 Å². The molecule has 0 aliphatic heterocycles. The number of anilines is 1. The molecule has 0 saturated heterocycles. The summed E-state index contributed by atoms with van der Waals surface area (Å²) in [6, 6.07) is 15.4. The van der Waals surface area contributed by atoms with E-state index in [-0.39, 0.29) is 5.78 Å². The van der Waals surface area contributed by atoms with Gasteiger partial charge >= 0.3 is 0 Å². The van der Waals surface area contributed by atoms with Crippen molar-refractivity contribution in [2.24, 2.45) is 0 Å². The Bertz CT molecular complexity index is 876. The number of rotatable bonds is 2. The second-order valence-electron chi connectivity index (χ2n) is 5.55. The first-order chi connectivity index (χ1) is 10.7. The van der Waals surface area contributed by atoms with Crippen LogP contribution in [0.2, 0.25) is 0 Å². The van der Waals surface area contributed by atoms with E-state index in [0.29, 0.717) is 22.6 Å². The number of carbonyl (C=O) groups is 1. The fourth-order valence-corrected chi connectivity index (χ4v) is 2.81. The average molecular weight is 290 g/mol. The van der Waals surface area contributed by atoms with Crippen LogP contribution in [0.4, 0.5) is 5.69 Å². The van der Waals surface area contributed by atoms with Gasteiger partial charge in [0.05, 0.1) is 5.56 Å². The molecule has 4 rings (SSSR count). The molecule has 4 nitrogen and oxygen atoms in total. The summed E-state index contributed by atoms with van der Waals surface area (Å²) in [7, 11) is 3.97. The van der Waals surface area contributed by atoms with E-state index in [4.69, 9.17) is 4.52 Å². The van der Waals surface area contributed by atoms with Crippen molar-refractivity contribution in [1.82, 2.24) is 5.16 Å². The van der Waals surface area contributed by atoms with Gasteiger partial charge < -0.3 is 9.42 Å². The Balaban J connectivity index is 1.84. The van der Waals surface area contributed by atoms with Crippen molar-refractivity contribution >= 4 is 11.5 Å². The number of benzene rings is 2. The smallest absolute Gasteiger partial charge is 0.199 e. The van der Waals surface area contributed by atoms with Crippen molar-refractivity contribution < 1.29 is 9.32 Å². The Hall–Kier alpha value is -2.88. The highest BCUT2D eigenvalue weighted by molar-refractivity contribution is 6.23. The molecular weight excluding hydrogens is 276 g/mol. The molecule has 1 aromatic heterocycles. The maximum absolute atomic E-state index is 12.6. The van der Waals surface area contributed by atoms with E-state index in [1.165, 1.54) is 0 Å². The van der Waals surface area contributed by atoms with Gasteiger partial charge in [0.2, 0.25) is 0 Å². The van der Waals surface area contributed by atoms with Crippen LogP contribution >= 0.6 is 0 Å². The quantitative estimate of drug-likeness (QED) is 0.565. The second kappa shape index (κ2) is 4.56. The Morgan fingerprint density at radius 3 is 2.32 bits per heavy atom. The first kappa shape index (κ1) is 12.8. The molecule has 1 heterocycles. The Morgan fingerprint density at radius 2 is 1.64 bits per heavy atom. The van der Waals surface area contributed by atoms with Crippen LogP contribution in [0.25, 0.3) is 22.6 Å². The third kappa shape index (κ3) is 1.70. The molecule has 0 atom stereocenters. The maximum Gasteiger partial charge on any atom is 0.199 e. The molecule has 0 spiro atoms. The molecule has 0 amide bonds. The van der Waals surface area contributed by atoms with Gasteiger partial charge in [0.1, 0.15) is 5.69 Å². The minimum absolute atomic E-state index is 0.0152. The number of hydrogen-bond acceptors (Lipinski definition) is 4. The van der Waals surface area contributed by atoms with Gasteiger partial charge in [-0.1, -0.05) is 29.4 Å². The number of ketones is 1. The van der Waals surface area contributed by atoms with E-state index in [9.17, 15) is 4.79 Å². The molecule has 22 heavy (non-hydrogen) atoms. The van der Waals surface area contributed by atoms with Crippen molar-refractivity contribution in [2.45, 2.75) is 0 Å². The molecule has 0 saturated carbocycles. The van der Waals surface area contributed by atoms with Gasteiger partial charge in [0.15, 0.2) is 11.5 Å². The molecule has 0 radical (unpaired) electrons. The van der Waals surface area contributed by atoms with Gasteiger partial charge in [-0.2, -0.15) is 0 Å². The van der Waals surface area contributed by atoms with Crippen LogP contribution in [0.3, 0.4) is 0 Å². The zero-order valence-corrected chi connectivity index (χ0v) is 12.3. The average Bonchev–Trinajstić information content (AvgIpc) is 3.09. The van der Waals surface area contributed by atoms with Gasteiger partial charge in [-0.25, -0.2) is 0 Å². The first-order valence-electron chi connectivity index (χ1n) is 7.08. The van der Waals surface area contributed by atoms with Gasteiger partial charge in [0, 0.05) is 36.5 Å². The molecule has 0 unspecified atom stereocenters. The number of carbonyl (C=O) groups excluding carboxylic acids is 1. The topological polar surface area (TPSA) is 46.3 Å². The fourth-order valence-electron chi connectivity index (χ4n) is 2.81. The summed E-state index contributed by atoms with van der Waals surface area (Å²) in [6.45, 7) is 0. The lowest BCUT2D eigenvalue weighted by molar-refractivity contribution is 0.104. The van der Waals surface area contributed by atoms with Crippen molar-refractivity contribution in [3.63, 3.8) is 0 Å². The monoisotopic (exact) mass is 290 g/mol. The van der Waals surface area contributed by atoms with Crippen LogP contribution in [-0.4, -0.2) is 25.0 Å². The summed E-state index contributed by atoms with van der Waals surface area (Å²) in [5.74, 6) is 0.528. The lowest BCUT2D eigenvalue weighted by Crippen LogP contribution is -2.07. The fraction of sp³-hybridized carbons (Fsp3) is 0.111. The van der Waals surface area contributed by atoms with Crippen LogP contribution in [0.5, 0.6) is 0 Å². The third-order valence-electron chi connectivity index (χ3n) is 3.99. The molecule has 1 aliphatic rings. The van der Waals surface area contributed by atoms with Crippen LogP contribution < -0.4 is 4.90 Å². The number of fused-ring (bicyclic) bond motifs is 3. The lowest BCUT2D eigenvalue weighted by atomic mass is 10.0. The van der Waals surface area contributed by atoms with Gasteiger partial charge in [-0.05, 0) is 24.3 Å². The van der Waals surface area contributed by atoms with Gasteiger partial charge in [-0.15, -0.1) is 0 Å². The van der Waals surface area contributed by atoms with Crippen molar-refractivity contribution in [1.29, 1.82) is 0 Å². The third-order valence-corrected chi connectivity index (χ3v) is 3.99. The predicted molar refractivity (Wildman–Crippen MR) is 85.1 cm³/mol. The first-order valence-corrected chi connectivity index (χ1v) is 7.08. The molecular formula is C18H14N2O2. The highest BCUT2D eigenvalue weighted by Gasteiger charge is 2.34. The van der Waals surface area contributed by atoms with E-state index in [0.717, 1.165) is 16.8 Å². The molecule has 0 fully saturated rings. The maximum atomic E-state index is 12.6. The molecule has 1 aliphatic carbocycles. The van der Waals surface area contributed by atoms with E-state index in [2.05, 4.69) is 5.16 Å². The molecule has 3 aromatic rings. The molecule has 4 heteroatoms. The van der Waals surface area contributed by atoms with Gasteiger partial charge in [-0.3, -0.25) is 4.79 Å². The predicted octanol–water partition coefficient (Wildman–Crippen LogP) is 3.62. The summed E-state index contributed by atoms with van der Waals surface area (Å²) in [5.41, 5.74) is 4.71. The summed E-state index contributed by atoms with van der Waals surface area (Å²) in [6.07, 6.45) is 0. The summed E-state index contributed by atoms with van der Waals surface area (Å²) >= 11 is 0. The van der Waals surface area contributed by atoms with Gasteiger partial charge in [0.25, 0.3) is 0 Å². The molecule has 108 valence electrons. The zero-order valence-electron chi connectivity index (χ0n) is 12.3. The van der Waals surface area contributed by atoms with E-state index < -0.39 is 0 Å². The minimum Gasteiger partial charge on any atom is -0.378 e. The highest BCUT2D eigenvalue weighted by atomic mass is 16.5. The second-order valence-corrected chi connectivity index (χ2v) is 5.55. The standard InChI is InChI=1S/C18H14N2O2/c1-20(2)12-9-7-11(8-10-12)18-15-16(19-22-18)13-5-3-4-6-14(13)17(15)21/h3-10H,1-2H3. The van der Waals surface area contributed by atoms with Crippen molar-refractivity contribution in [3.05, 3.63) is 59.7 Å². The molecule has 0 bridgehead atoms. The Labute approximate surface area is 128 Å². The lowest BCUT2D eigenvalue weighted by Gasteiger charge is -2.12. The number of hydrogen-bond donors (Lipinski definition) is 0. The van der Waals surface area contributed by atoms with E-state index >= 15 is 0 Å². The number of aromatic nitrogens is 1. The largest absolute Gasteiger partial charge is 0.378 e. The minimum atomic E-state index is -0.0152. The summed E-state index contributed by atoms with van der Waals surface area (Å²) < 4.78 is 5.47. The van der Waals surface area contributed by atoms with E-state index in [1.54, 1.807) is 0 Å². The van der Waals surface area contributed by atoms with E-state index in [1.807, 2.05) is 67.5 Å². The summed E-state index contributed by atoms with van der Waals surface area (Å²) in [4.78, 5) is 14.6. The SMILES string of the molecule is CN(C)c1ccc(-c2onc3c2C(=O)c2ccccc2-3)cc1. The Morgan fingerprint density at radius 1 is 0.955 bits per heavy atom. The molecule has 2 aromatic carbocycles. The summed E-state index contributed by atoms with van der Waals surface area (Å²) in [5, 5.41) is 4.12. The highest BCUT2D eigenvalue weighted by Crippen LogP contribution is 2.41. The molecule has 0 N–H and O–H groups in total. The van der Waals surface area contributed by atoms with Crippen molar-refractivity contribution in [3.8, 4) is 22.6 Å².